The van der Waals surface area contributed by atoms with E-state index in [1.165, 1.54) is 16.7 Å². The van der Waals surface area contributed by atoms with Crippen molar-refractivity contribution in [1.29, 1.82) is 0 Å². The normalized spacial score (nSPS) is 18.0. The van der Waals surface area contributed by atoms with Crippen LogP contribution in [0.15, 0.2) is 41.4 Å². The molecule has 1 saturated heterocycles. The average molecular weight is 416 g/mol. The Morgan fingerprint density at radius 2 is 1.93 bits per heavy atom. The zero-order chi connectivity index (χ0) is 20.4. The summed E-state index contributed by atoms with van der Waals surface area (Å²) >= 11 is 7.30. The van der Waals surface area contributed by atoms with Crippen LogP contribution in [0.2, 0.25) is 5.02 Å². The second-order valence-electron chi connectivity index (χ2n) is 6.90. The van der Waals surface area contributed by atoms with Crippen LogP contribution in [-0.2, 0) is 9.59 Å². The third kappa shape index (κ3) is 4.56. The number of hydrogen-bond donors (Lipinski definition) is 1. The predicted molar refractivity (Wildman–Crippen MR) is 117 cm³/mol. The fourth-order valence-corrected chi connectivity index (χ4v) is 4.34. The minimum absolute atomic E-state index is 0.0970. The van der Waals surface area contributed by atoms with E-state index in [1.54, 1.807) is 13.1 Å². The van der Waals surface area contributed by atoms with Gasteiger partial charge in [0, 0.05) is 24.2 Å². The van der Waals surface area contributed by atoms with Crippen molar-refractivity contribution in [1.82, 2.24) is 4.90 Å². The van der Waals surface area contributed by atoms with E-state index in [2.05, 4.69) is 10.3 Å². The molecule has 0 unspecified atom stereocenters. The van der Waals surface area contributed by atoms with Gasteiger partial charge in [0.1, 0.15) is 5.25 Å². The Labute approximate surface area is 174 Å². The average Bonchev–Trinajstić information content (AvgIpc) is 2.88. The Hall–Kier alpha value is -2.31. The highest BCUT2D eigenvalue weighted by Crippen LogP contribution is 2.32. The van der Waals surface area contributed by atoms with E-state index in [1.807, 2.05) is 51.1 Å². The van der Waals surface area contributed by atoms with Crippen LogP contribution < -0.4 is 5.32 Å². The first-order chi connectivity index (χ1) is 13.2. The SMILES string of the molecule is Cc1ccc(NC(=O)C[C@@H]2SC(=Nc3ccc(Cl)cc3C)N(C)C2=O)c(C)c1. The molecular formula is C21H22ClN3O2S. The first-order valence-electron chi connectivity index (χ1n) is 8.91. The number of aliphatic imine (C=N–C) groups is 1. The zero-order valence-electron chi connectivity index (χ0n) is 16.2. The fourth-order valence-electron chi connectivity index (χ4n) is 2.97. The smallest absolute Gasteiger partial charge is 0.242 e. The number of halogens is 1. The van der Waals surface area contributed by atoms with Crippen molar-refractivity contribution in [3.63, 3.8) is 0 Å². The number of nitrogens with zero attached hydrogens (tertiary/aromatic N) is 2. The third-order valence-corrected chi connectivity index (χ3v) is 6.01. The van der Waals surface area contributed by atoms with E-state index in [0.717, 1.165) is 28.1 Å². The summed E-state index contributed by atoms with van der Waals surface area (Å²) in [6.45, 7) is 5.87. The fraction of sp³-hybridized carbons (Fsp3) is 0.286. The molecule has 0 spiro atoms. The molecule has 0 bridgehead atoms. The first kappa shape index (κ1) is 20.4. The molecule has 5 nitrogen and oxygen atoms in total. The number of amides is 2. The predicted octanol–water partition coefficient (Wildman–Crippen LogP) is 4.86. The second-order valence-corrected chi connectivity index (χ2v) is 8.51. The topological polar surface area (TPSA) is 61.8 Å². The largest absolute Gasteiger partial charge is 0.326 e. The third-order valence-electron chi connectivity index (χ3n) is 4.54. The minimum Gasteiger partial charge on any atom is -0.326 e. The molecule has 0 radical (unpaired) electrons. The van der Waals surface area contributed by atoms with Gasteiger partial charge < -0.3 is 5.32 Å². The summed E-state index contributed by atoms with van der Waals surface area (Å²) in [5.41, 5.74) is 4.59. The van der Waals surface area contributed by atoms with Crippen molar-refractivity contribution < 1.29 is 9.59 Å². The van der Waals surface area contributed by atoms with Crippen LogP contribution in [0.5, 0.6) is 0 Å². The lowest BCUT2D eigenvalue weighted by Gasteiger charge is -2.11. The Bertz CT molecular complexity index is 974. The number of thioether (sulfide) groups is 1. The van der Waals surface area contributed by atoms with Gasteiger partial charge in [-0.3, -0.25) is 14.5 Å². The van der Waals surface area contributed by atoms with Crippen LogP contribution in [0.3, 0.4) is 0 Å². The molecule has 1 fully saturated rings. The van der Waals surface area contributed by atoms with Gasteiger partial charge in [-0.25, -0.2) is 4.99 Å². The number of carbonyl (C=O) groups excluding carboxylic acids is 2. The summed E-state index contributed by atoms with van der Waals surface area (Å²) in [5, 5.41) is 3.65. The first-order valence-corrected chi connectivity index (χ1v) is 10.2. The maximum absolute atomic E-state index is 12.6. The van der Waals surface area contributed by atoms with Crippen LogP contribution in [0.25, 0.3) is 0 Å². The highest BCUT2D eigenvalue weighted by molar-refractivity contribution is 8.15. The van der Waals surface area contributed by atoms with Crippen molar-refractivity contribution in [2.75, 3.05) is 12.4 Å². The van der Waals surface area contributed by atoms with Crippen LogP contribution in [-0.4, -0.2) is 34.2 Å². The van der Waals surface area contributed by atoms with Gasteiger partial charge in [0.2, 0.25) is 11.8 Å². The lowest BCUT2D eigenvalue weighted by atomic mass is 10.1. The number of rotatable bonds is 4. The molecule has 146 valence electrons. The molecule has 2 aromatic rings. The molecule has 1 heterocycles. The lowest BCUT2D eigenvalue weighted by molar-refractivity contribution is -0.127. The van der Waals surface area contributed by atoms with Crippen molar-refractivity contribution in [3.8, 4) is 0 Å². The molecule has 0 aliphatic carbocycles. The van der Waals surface area contributed by atoms with Crippen LogP contribution >= 0.6 is 23.4 Å². The van der Waals surface area contributed by atoms with Gasteiger partial charge in [-0.2, -0.15) is 0 Å². The van der Waals surface area contributed by atoms with Gasteiger partial charge >= 0.3 is 0 Å². The van der Waals surface area contributed by atoms with Gasteiger partial charge in [-0.05, 0) is 56.2 Å². The Balaban J connectivity index is 1.70. The molecule has 1 aliphatic heterocycles. The van der Waals surface area contributed by atoms with Crippen LogP contribution in [0, 0.1) is 20.8 Å². The number of nitrogens with one attached hydrogen (secondary N) is 1. The number of anilines is 1. The molecule has 1 atom stereocenters. The van der Waals surface area contributed by atoms with Crippen LogP contribution in [0.1, 0.15) is 23.1 Å². The van der Waals surface area contributed by atoms with E-state index in [-0.39, 0.29) is 18.2 Å². The van der Waals surface area contributed by atoms with Crippen molar-refractivity contribution in [2.24, 2.45) is 4.99 Å². The summed E-state index contributed by atoms with van der Waals surface area (Å²) in [5.74, 6) is -0.304. The number of aryl methyl sites for hydroxylation is 3. The van der Waals surface area contributed by atoms with Crippen molar-refractivity contribution >= 4 is 51.7 Å². The van der Waals surface area contributed by atoms with E-state index >= 15 is 0 Å². The summed E-state index contributed by atoms with van der Waals surface area (Å²) in [7, 11) is 1.68. The van der Waals surface area contributed by atoms with Crippen LogP contribution in [0.4, 0.5) is 11.4 Å². The molecule has 2 aromatic carbocycles. The zero-order valence-corrected chi connectivity index (χ0v) is 17.8. The Morgan fingerprint density at radius 1 is 1.18 bits per heavy atom. The number of hydrogen-bond acceptors (Lipinski definition) is 4. The number of carbonyl (C=O) groups is 2. The highest BCUT2D eigenvalue weighted by atomic mass is 35.5. The molecule has 1 N–H and O–H groups in total. The quantitative estimate of drug-likeness (QED) is 0.775. The summed E-state index contributed by atoms with van der Waals surface area (Å²) in [6, 6.07) is 11.3. The van der Waals surface area contributed by atoms with E-state index in [4.69, 9.17) is 11.6 Å². The molecule has 0 aromatic heterocycles. The van der Waals surface area contributed by atoms with Gasteiger partial charge in [0.15, 0.2) is 5.17 Å². The van der Waals surface area contributed by atoms with Gasteiger partial charge in [0.25, 0.3) is 0 Å². The number of benzene rings is 2. The highest BCUT2D eigenvalue weighted by Gasteiger charge is 2.37. The summed E-state index contributed by atoms with van der Waals surface area (Å²) in [6.07, 6.45) is 0.0970. The van der Waals surface area contributed by atoms with Gasteiger partial charge in [0.05, 0.1) is 5.69 Å². The van der Waals surface area contributed by atoms with Gasteiger partial charge in [-0.15, -0.1) is 0 Å². The standard InChI is InChI=1S/C21H22ClN3O2S/c1-12-5-7-16(13(2)9-12)23-19(26)11-18-20(27)25(4)21(28-18)24-17-8-6-15(22)10-14(17)3/h5-10,18H,11H2,1-4H3,(H,23,26)/t18-/m0/s1. The number of amidine groups is 1. The molecule has 2 amide bonds. The molecule has 1 aliphatic rings. The van der Waals surface area contributed by atoms with Crippen molar-refractivity contribution in [2.45, 2.75) is 32.4 Å². The summed E-state index contributed by atoms with van der Waals surface area (Å²) < 4.78 is 0. The molecule has 28 heavy (non-hydrogen) atoms. The lowest BCUT2D eigenvalue weighted by Crippen LogP contribution is -2.30. The minimum atomic E-state index is -0.484. The molecule has 7 heteroatoms. The second kappa shape index (κ2) is 8.37. The molecule has 0 saturated carbocycles. The van der Waals surface area contributed by atoms with Gasteiger partial charge in [-0.1, -0.05) is 41.1 Å². The summed E-state index contributed by atoms with van der Waals surface area (Å²) in [4.78, 5) is 31.1. The molecule has 3 rings (SSSR count). The van der Waals surface area contributed by atoms with Crippen molar-refractivity contribution in [3.05, 3.63) is 58.1 Å². The maximum atomic E-state index is 12.6. The Morgan fingerprint density at radius 3 is 2.61 bits per heavy atom. The Kier molecular flexibility index (Phi) is 6.10. The van der Waals surface area contributed by atoms with E-state index in [0.29, 0.717) is 10.2 Å². The van der Waals surface area contributed by atoms with E-state index < -0.39 is 5.25 Å². The van der Waals surface area contributed by atoms with E-state index in [9.17, 15) is 9.59 Å². The molecular weight excluding hydrogens is 394 g/mol. The monoisotopic (exact) mass is 415 g/mol. The maximum Gasteiger partial charge on any atom is 0.242 e.